The first-order valence-electron chi connectivity index (χ1n) is 6.84. The van der Waals surface area contributed by atoms with Crippen LogP contribution in [0.5, 0.6) is 0 Å². The second kappa shape index (κ2) is 7.85. The van der Waals surface area contributed by atoms with Crippen LogP contribution in [-0.4, -0.2) is 99.9 Å². The summed E-state index contributed by atoms with van der Waals surface area (Å²) < 4.78 is 62.3. The van der Waals surface area contributed by atoms with Crippen molar-refractivity contribution in [2.24, 2.45) is 0 Å². The molecule has 10 nitrogen and oxygen atoms in total. The first-order chi connectivity index (χ1) is 10.0. The van der Waals surface area contributed by atoms with E-state index < -0.39 is 32.0 Å². The molecule has 1 unspecified atom stereocenters. The molecule has 0 aromatic heterocycles. The van der Waals surface area contributed by atoms with Crippen LogP contribution >= 0.6 is 0 Å². The lowest BCUT2D eigenvalue weighted by atomic mass is 10.3. The first kappa shape index (κ1) is 22.2. The van der Waals surface area contributed by atoms with E-state index in [1.807, 2.05) is 0 Å². The SMILES string of the molecule is CC(=O)NCC[N+](C)(CC[N+](C)(C)CS(=O)(=O)O)CS(=O)(=O)O. The van der Waals surface area contributed by atoms with Crippen molar-refractivity contribution in [3.8, 4) is 0 Å². The molecule has 138 valence electrons. The smallest absolute Gasteiger partial charge is 0.316 e. The van der Waals surface area contributed by atoms with E-state index >= 15 is 0 Å². The highest BCUT2D eigenvalue weighted by Gasteiger charge is 2.32. The van der Waals surface area contributed by atoms with Gasteiger partial charge in [-0.25, -0.2) is 0 Å². The summed E-state index contributed by atoms with van der Waals surface area (Å²) in [7, 11) is -3.67. The van der Waals surface area contributed by atoms with Gasteiger partial charge in [-0.05, 0) is 0 Å². The molecule has 0 radical (unpaired) electrons. The van der Waals surface area contributed by atoms with Gasteiger partial charge in [-0.1, -0.05) is 0 Å². The summed E-state index contributed by atoms with van der Waals surface area (Å²) in [5.41, 5.74) is 0. The molecule has 1 atom stereocenters. The molecule has 0 rings (SSSR count). The van der Waals surface area contributed by atoms with Crippen molar-refractivity contribution >= 4 is 26.1 Å². The summed E-state index contributed by atoms with van der Waals surface area (Å²) in [5.74, 6) is -1.32. The van der Waals surface area contributed by atoms with Crippen LogP contribution in [0, 0.1) is 0 Å². The van der Waals surface area contributed by atoms with E-state index in [1.54, 1.807) is 21.1 Å². The van der Waals surface area contributed by atoms with Gasteiger partial charge >= 0.3 is 20.2 Å². The zero-order valence-electron chi connectivity index (χ0n) is 13.9. The van der Waals surface area contributed by atoms with Gasteiger partial charge < -0.3 is 14.3 Å². The molecule has 12 heteroatoms. The molecule has 0 aliphatic heterocycles. The van der Waals surface area contributed by atoms with Crippen molar-refractivity contribution in [2.45, 2.75) is 6.92 Å². The van der Waals surface area contributed by atoms with E-state index in [0.29, 0.717) is 0 Å². The summed E-state index contributed by atoms with van der Waals surface area (Å²) in [5, 5.41) is 2.55. The third-order valence-corrected chi connectivity index (χ3v) is 5.23. The van der Waals surface area contributed by atoms with Gasteiger partial charge in [0.25, 0.3) is 0 Å². The number of carbonyl (C=O) groups excluding carboxylic acids is 1. The summed E-state index contributed by atoms with van der Waals surface area (Å²) >= 11 is 0. The van der Waals surface area contributed by atoms with Crippen LogP contribution in [0.25, 0.3) is 0 Å². The van der Waals surface area contributed by atoms with Crippen molar-refractivity contribution in [1.29, 1.82) is 0 Å². The number of carbonyl (C=O) groups is 1. The van der Waals surface area contributed by atoms with E-state index in [2.05, 4.69) is 5.32 Å². The molecule has 0 fully saturated rings. The van der Waals surface area contributed by atoms with Crippen LogP contribution in [0.4, 0.5) is 0 Å². The van der Waals surface area contributed by atoms with E-state index in [4.69, 9.17) is 9.11 Å². The van der Waals surface area contributed by atoms with Crippen molar-refractivity contribution in [3.63, 3.8) is 0 Å². The average Bonchev–Trinajstić information content (AvgIpc) is 2.20. The highest BCUT2D eigenvalue weighted by atomic mass is 32.2. The molecule has 0 aromatic rings. The number of quaternary nitrogens is 2. The van der Waals surface area contributed by atoms with Crippen LogP contribution in [0.15, 0.2) is 0 Å². The lowest BCUT2D eigenvalue weighted by Crippen LogP contribution is -2.57. The third kappa shape index (κ3) is 12.3. The fourth-order valence-electron chi connectivity index (χ4n) is 2.15. The molecular weight excluding hydrogens is 350 g/mol. The van der Waals surface area contributed by atoms with Gasteiger partial charge in [0.1, 0.15) is 13.1 Å². The van der Waals surface area contributed by atoms with Crippen molar-refractivity contribution < 1.29 is 39.7 Å². The number of nitrogens with zero attached hydrogens (tertiary/aromatic N) is 2. The van der Waals surface area contributed by atoms with Gasteiger partial charge in [0.2, 0.25) is 17.7 Å². The molecule has 0 aromatic carbocycles. The lowest BCUT2D eigenvalue weighted by Gasteiger charge is -2.36. The van der Waals surface area contributed by atoms with Crippen LogP contribution in [0.2, 0.25) is 0 Å². The van der Waals surface area contributed by atoms with Gasteiger partial charge in [-0.3, -0.25) is 13.9 Å². The molecule has 0 aliphatic carbocycles. The van der Waals surface area contributed by atoms with Crippen molar-refractivity contribution in [2.75, 3.05) is 59.1 Å². The molecule has 0 bridgehead atoms. The fourth-order valence-corrected chi connectivity index (χ4v) is 4.21. The molecule has 0 saturated carbocycles. The Kier molecular flexibility index (Phi) is 7.59. The van der Waals surface area contributed by atoms with Gasteiger partial charge in [0.05, 0.1) is 34.2 Å². The molecule has 1 amide bonds. The third-order valence-electron chi connectivity index (χ3n) is 3.26. The molecule has 3 N–H and O–H groups in total. The summed E-state index contributed by atoms with van der Waals surface area (Å²) in [6.07, 6.45) is 0. The molecular formula is C11H27N3O7S2+2. The Bertz CT molecular complexity index is 616. The maximum Gasteiger partial charge on any atom is 0.316 e. The fraction of sp³-hybridized carbons (Fsp3) is 0.909. The summed E-state index contributed by atoms with van der Waals surface area (Å²) in [6.45, 7) is 2.26. The van der Waals surface area contributed by atoms with E-state index in [9.17, 15) is 21.6 Å². The van der Waals surface area contributed by atoms with E-state index in [0.717, 1.165) is 0 Å². The largest absolute Gasteiger partial charge is 0.351 e. The normalized spacial score (nSPS) is 15.9. The lowest BCUT2D eigenvalue weighted by molar-refractivity contribution is -0.944. The minimum absolute atomic E-state index is 0.0711. The highest BCUT2D eigenvalue weighted by molar-refractivity contribution is 7.85. The van der Waals surface area contributed by atoms with E-state index in [1.165, 1.54) is 6.92 Å². The zero-order chi connectivity index (χ0) is 18.5. The van der Waals surface area contributed by atoms with Crippen LogP contribution in [-0.2, 0) is 25.0 Å². The highest BCUT2D eigenvalue weighted by Crippen LogP contribution is 2.09. The topological polar surface area (TPSA) is 138 Å². The molecule has 23 heavy (non-hydrogen) atoms. The standard InChI is InChI=1S/C11H25N3O7S2/c1-11(15)12-5-6-14(4,10-23(19,20)21)8-7-13(2,3)9-22(16,17)18/h5-10H2,1-4H3,(H-2,12,15,16,17,18,19,20,21)/p+2. The molecule has 0 saturated heterocycles. The maximum absolute atomic E-state index is 11.2. The second-order valence-electron chi connectivity index (χ2n) is 6.63. The van der Waals surface area contributed by atoms with Crippen molar-refractivity contribution in [1.82, 2.24) is 5.32 Å². The zero-order valence-corrected chi connectivity index (χ0v) is 15.5. The Balaban J connectivity index is 4.97. The number of hydrogen-bond donors (Lipinski definition) is 3. The number of amides is 1. The molecule has 0 heterocycles. The predicted octanol–water partition coefficient (Wildman–Crippen LogP) is -1.66. The Labute approximate surface area is 137 Å². The van der Waals surface area contributed by atoms with Crippen LogP contribution in [0.1, 0.15) is 6.92 Å². The minimum atomic E-state index is -4.25. The van der Waals surface area contributed by atoms with Crippen LogP contribution < -0.4 is 5.32 Å². The molecule has 0 spiro atoms. The second-order valence-corrected chi connectivity index (χ2v) is 9.48. The quantitative estimate of drug-likeness (QED) is 0.306. The Morgan fingerprint density at radius 1 is 0.913 bits per heavy atom. The number of likely N-dealkylation sites (N-methyl/N-ethyl adjacent to an activating group) is 2. The maximum atomic E-state index is 11.2. The molecule has 0 aliphatic rings. The summed E-state index contributed by atoms with van der Waals surface area (Å²) in [4.78, 5) is 10.9. The number of nitrogens with one attached hydrogen (secondary N) is 1. The van der Waals surface area contributed by atoms with Crippen molar-refractivity contribution in [3.05, 3.63) is 0 Å². The van der Waals surface area contributed by atoms with Gasteiger partial charge in [0, 0.05) is 6.92 Å². The number of rotatable bonds is 10. The van der Waals surface area contributed by atoms with E-state index in [-0.39, 0.29) is 41.1 Å². The van der Waals surface area contributed by atoms with Gasteiger partial charge in [-0.15, -0.1) is 0 Å². The Hall–Kier alpha value is -0.790. The van der Waals surface area contributed by atoms with Crippen LogP contribution in [0.3, 0.4) is 0 Å². The van der Waals surface area contributed by atoms with Gasteiger partial charge in [-0.2, -0.15) is 16.8 Å². The number of hydrogen-bond acceptors (Lipinski definition) is 5. The average molecular weight is 377 g/mol. The Morgan fingerprint density at radius 2 is 1.39 bits per heavy atom. The Morgan fingerprint density at radius 3 is 1.78 bits per heavy atom. The van der Waals surface area contributed by atoms with Gasteiger partial charge in [0.15, 0.2) is 0 Å². The summed E-state index contributed by atoms with van der Waals surface area (Å²) in [6, 6.07) is 0. The monoisotopic (exact) mass is 377 g/mol. The predicted molar refractivity (Wildman–Crippen MR) is 84.4 cm³/mol. The first-order valence-corrected chi connectivity index (χ1v) is 10.1. The minimum Gasteiger partial charge on any atom is -0.351 e.